The SMILES string of the molecule is CN=C(NCc1ccnc(OCC2CC2)c1)NC1CCN(CC(C)C)CC1.I. The van der Waals surface area contributed by atoms with Crippen molar-refractivity contribution in [2.45, 2.75) is 52.1 Å². The molecule has 0 atom stereocenters. The van der Waals surface area contributed by atoms with Crippen LogP contribution in [0.4, 0.5) is 0 Å². The summed E-state index contributed by atoms with van der Waals surface area (Å²) in [6, 6.07) is 4.54. The Morgan fingerprint density at radius 1 is 1.29 bits per heavy atom. The molecule has 1 saturated carbocycles. The third-order valence-electron chi connectivity index (χ3n) is 5.20. The fraction of sp³-hybridized carbons (Fsp3) is 0.714. The van der Waals surface area contributed by atoms with Gasteiger partial charge in [0.25, 0.3) is 0 Å². The third-order valence-corrected chi connectivity index (χ3v) is 5.20. The van der Waals surface area contributed by atoms with Crippen molar-refractivity contribution >= 4 is 29.9 Å². The Labute approximate surface area is 186 Å². The maximum atomic E-state index is 5.77. The number of hydrogen-bond acceptors (Lipinski definition) is 4. The molecule has 0 radical (unpaired) electrons. The van der Waals surface area contributed by atoms with Gasteiger partial charge >= 0.3 is 0 Å². The zero-order chi connectivity index (χ0) is 19.1. The van der Waals surface area contributed by atoms with Crippen molar-refractivity contribution in [3.63, 3.8) is 0 Å². The number of ether oxygens (including phenoxy) is 1. The molecule has 1 aliphatic carbocycles. The van der Waals surface area contributed by atoms with Crippen molar-refractivity contribution in [2.24, 2.45) is 16.8 Å². The van der Waals surface area contributed by atoms with Crippen molar-refractivity contribution < 1.29 is 4.74 Å². The van der Waals surface area contributed by atoms with Gasteiger partial charge in [-0.3, -0.25) is 4.99 Å². The molecule has 1 saturated heterocycles. The summed E-state index contributed by atoms with van der Waals surface area (Å²) in [4.78, 5) is 11.3. The van der Waals surface area contributed by atoms with Crippen LogP contribution in [0.25, 0.3) is 0 Å². The molecule has 1 aromatic heterocycles. The molecule has 7 heteroatoms. The maximum Gasteiger partial charge on any atom is 0.213 e. The van der Waals surface area contributed by atoms with Crippen molar-refractivity contribution in [1.29, 1.82) is 0 Å². The largest absolute Gasteiger partial charge is 0.477 e. The van der Waals surface area contributed by atoms with E-state index in [1.807, 2.05) is 25.4 Å². The van der Waals surface area contributed by atoms with Gasteiger partial charge in [-0.05, 0) is 49.1 Å². The van der Waals surface area contributed by atoms with E-state index in [9.17, 15) is 0 Å². The number of likely N-dealkylation sites (tertiary alicyclic amines) is 1. The Kier molecular flexibility index (Phi) is 9.77. The van der Waals surface area contributed by atoms with Gasteiger partial charge in [0.05, 0.1) is 6.61 Å². The lowest BCUT2D eigenvalue weighted by Gasteiger charge is -2.34. The maximum absolute atomic E-state index is 5.77. The first-order valence-electron chi connectivity index (χ1n) is 10.4. The second-order valence-corrected chi connectivity index (χ2v) is 8.30. The minimum atomic E-state index is 0. The quantitative estimate of drug-likeness (QED) is 0.325. The fourth-order valence-corrected chi connectivity index (χ4v) is 3.48. The first kappa shape index (κ1) is 23.2. The molecule has 0 amide bonds. The van der Waals surface area contributed by atoms with Gasteiger partial charge in [-0.2, -0.15) is 0 Å². The highest BCUT2D eigenvalue weighted by Crippen LogP contribution is 2.29. The van der Waals surface area contributed by atoms with Gasteiger partial charge in [-0.15, -0.1) is 24.0 Å². The molecule has 1 aliphatic heterocycles. The molecule has 2 N–H and O–H groups in total. The second-order valence-electron chi connectivity index (χ2n) is 8.30. The molecule has 1 aromatic rings. The van der Waals surface area contributed by atoms with Crippen LogP contribution in [0.5, 0.6) is 5.88 Å². The van der Waals surface area contributed by atoms with Crippen LogP contribution >= 0.6 is 24.0 Å². The van der Waals surface area contributed by atoms with Crippen LogP contribution in [0.1, 0.15) is 45.1 Å². The van der Waals surface area contributed by atoms with E-state index in [0.29, 0.717) is 12.6 Å². The average Bonchev–Trinajstić information content (AvgIpc) is 3.49. The first-order valence-corrected chi connectivity index (χ1v) is 10.4. The summed E-state index contributed by atoms with van der Waals surface area (Å²) in [5.74, 6) is 3.07. The van der Waals surface area contributed by atoms with E-state index in [0.717, 1.165) is 35.8 Å². The lowest BCUT2D eigenvalue weighted by molar-refractivity contribution is 0.187. The topological polar surface area (TPSA) is 61.8 Å². The average molecular weight is 501 g/mol. The highest BCUT2D eigenvalue weighted by atomic mass is 127. The zero-order valence-electron chi connectivity index (χ0n) is 17.5. The number of pyridine rings is 1. The summed E-state index contributed by atoms with van der Waals surface area (Å²) in [5, 5.41) is 7.00. The summed E-state index contributed by atoms with van der Waals surface area (Å²) in [6.45, 7) is 9.62. The van der Waals surface area contributed by atoms with Crippen molar-refractivity contribution in [3.05, 3.63) is 23.9 Å². The van der Waals surface area contributed by atoms with Gasteiger partial charge in [0, 0.05) is 51.5 Å². The Bertz CT molecular complexity index is 613. The van der Waals surface area contributed by atoms with Crippen LogP contribution in [-0.4, -0.2) is 55.2 Å². The predicted octanol–water partition coefficient (Wildman–Crippen LogP) is 3.27. The summed E-state index contributed by atoms with van der Waals surface area (Å²) < 4.78 is 5.77. The minimum absolute atomic E-state index is 0. The van der Waals surface area contributed by atoms with Gasteiger partial charge in [0.2, 0.25) is 5.88 Å². The Balaban J connectivity index is 0.00000280. The van der Waals surface area contributed by atoms with Gasteiger partial charge in [0.1, 0.15) is 0 Å². The molecule has 0 aromatic carbocycles. The fourth-order valence-electron chi connectivity index (χ4n) is 3.48. The molecule has 6 nitrogen and oxygen atoms in total. The summed E-state index contributed by atoms with van der Waals surface area (Å²) >= 11 is 0. The number of aromatic nitrogens is 1. The van der Waals surface area contributed by atoms with Gasteiger partial charge in [0.15, 0.2) is 5.96 Å². The van der Waals surface area contributed by atoms with E-state index < -0.39 is 0 Å². The molecule has 0 unspecified atom stereocenters. The molecule has 0 bridgehead atoms. The normalized spacial score (nSPS) is 18.6. The number of aliphatic imine (C=N–C) groups is 1. The van der Waals surface area contributed by atoms with E-state index in [4.69, 9.17) is 4.74 Å². The predicted molar refractivity (Wildman–Crippen MR) is 126 cm³/mol. The Morgan fingerprint density at radius 2 is 2.04 bits per heavy atom. The van der Waals surface area contributed by atoms with Crippen molar-refractivity contribution in [1.82, 2.24) is 20.5 Å². The zero-order valence-corrected chi connectivity index (χ0v) is 19.8. The van der Waals surface area contributed by atoms with Gasteiger partial charge in [-0.1, -0.05) is 13.8 Å². The third kappa shape index (κ3) is 8.11. The Hall–Kier alpha value is -1.09. The molecule has 158 valence electrons. The molecular weight excluding hydrogens is 465 g/mol. The van der Waals surface area contributed by atoms with Gasteiger partial charge < -0.3 is 20.3 Å². The molecule has 0 spiro atoms. The monoisotopic (exact) mass is 501 g/mol. The summed E-state index contributed by atoms with van der Waals surface area (Å²) in [6.07, 6.45) is 6.74. The smallest absolute Gasteiger partial charge is 0.213 e. The van der Waals surface area contributed by atoms with Crippen LogP contribution in [0, 0.1) is 11.8 Å². The highest BCUT2D eigenvalue weighted by molar-refractivity contribution is 14.0. The van der Waals surface area contributed by atoms with E-state index in [-0.39, 0.29) is 24.0 Å². The summed E-state index contributed by atoms with van der Waals surface area (Å²) in [5.41, 5.74) is 1.16. The van der Waals surface area contributed by atoms with E-state index in [2.05, 4.69) is 39.4 Å². The molecule has 2 aliphatic rings. The minimum Gasteiger partial charge on any atom is -0.477 e. The second kappa shape index (κ2) is 11.8. The van der Waals surface area contributed by atoms with Crippen LogP contribution in [0.3, 0.4) is 0 Å². The summed E-state index contributed by atoms with van der Waals surface area (Å²) in [7, 11) is 1.83. The van der Waals surface area contributed by atoms with Crippen LogP contribution < -0.4 is 15.4 Å². The van der Waals surface area contributed by atoms with Crippen LogP contribution in [-0.2, 0) is 6.54 Å². The van der Waals surface area contributed by atoms with Crippen molar-refractivity contribution in [2.75, 3.05) is 33.3 Å². The van der Waals surface area contributed by atoms with E-state index in [1.165, 1.54) is 45.3 Å². The molecule has 2 heterocycles. The van der Waals surface area contributed by atoms with Crippen molar-refractivity contribution in [3.8, 4) is 5.88 Å². The number of nitrogens with one attached hydrogen (secondary N) is 2. The van der Waals surface area contributed by atoms with Crippen LogP contribution in [0.2, 0.25) is 0 Å². The molecular formula is C21H36IN5O. The Morgan fingerprint density at radius 3 is 2.68 bits per heavy atom. The first-order chi connectivity index (χ1) is 13.1. The van der Waals surface area contributed by atoms with Gasteiger partial charge in [-0.25, -0.2) is 4.98 Å². The van der Waals surface area contributed by atoms with E-state index in [1.54, 1.807) is 0 Å². The number of nitrogens with zero attached hydrogens (tertiary/aromatic N) is 3. The van der Waals surface area contributed by atoms with E-state index >= 15 is 0 Å². The number of hydrogen-bond donors (Lipinski definition) is 2. The number of halogens is 1. The number of piperidine rings is 1. The van der Waals surface area contributed by atoms with Crippen LogP contribution in [0.15, 0.2) is 23.3 Å². The number of guanidine groups is 1. The lowest BCUT2D eigenvalue weighted by atomic mass is 10.0. The molecule has 3 rings (SSSR count). The number of rotatable bonds is 8. The molecule has 28 heavy (non-hydrogen) atoms. The lowest BCUT2D eigenvalue weighted by Crippen LogP contribution is -2.48. The standard InChI is InChI=1S/C21H35N5O.HI/c1-16(2)14-26-10-7-19(8-11-26)25-21(22-3)24-13-18-6-9-23-20(12-18)27-15-17-4-5-17;/h6,9,12,16-17,19H,4-5,7-8,10-11,13-15H2,1-3H3,(H2,22,24,25);1H. The highest BCUT2D eigenvalue weighted by Gasteiger charge is 2.22. The molecule has 2 fully saturated rings.